The maximum absolute atomic E-state index is 6.09. The topological polar surface area (TPSA) is 26.0 Å². The van der Waals surface area contributed by atoms with Crippen LogP contribution in [0.1, 0.15) is 31.2 Å². The molecule has 0 fully saturated rings. The maximum atomic E-state index is 6.09. The zero-order valence-corrected chi connectivity index (χ0v) is 8.82. The van der Waals surface area contributed by atoms with Crippen LogP contribution < -0.4 is 5.73 Å². The average molecular weight is 189 g/mol. The third-order valence-electron chi connectivity index (χ3n) is 2.67. The van der Waals surface area contributed by atoms with E-state index in [1.54, 1.807) is 0 Å². The monoisotopic (exact) mass is 189 g/mol. The van der Waals surface area contributed by atoms with Crippen LogP contribution in [0.2, 0.25) is 0 Å². The molecule has 2 atom stereocenters. The van der Waals surface area contributed by atoms with Crippen LogP contribution in [0.15, 0.2) is 43.0 Å². The average Bonchev–Trinajstić information content (AvgIpc) is 2.26. The highest BCUT2D eigenvalue weighted by molar-refractivity contribution is 5.20. The third kappa shape index (κ3) is 3.00. The van der Waals surface area contributed by atoms with E-state index in [0.717, 1.165) is 12.8 Å². The highest BCUT2D eigenvalue weighted by Crippen LogP contribution is 2.20. The van der Waals surface area contributed by atoms with Crippen molar-refractivity contribution in [2.45, 2.75) is 31.7 Å². The van der Waals surface area contributed by atoms with Crippen molar-refractivity contribution in [3.05, 3.63) is 48.6 Å². The van der Waals surface area contributed by atoms with E-state index in [9.17, 15) is 0 Å². The molecule has 0 amide bonds. The van der Waals surface area contributed by atoms with E-state index in [0.29, 0.717) is 5.92 Å². The van der Waals surface area contributed by atoms with Crippen LogP contribution >= 0.6 is 0 Å². The molecule has 0 aliphatic rings. The fourth-order valence-electron chi connectivity index (χ4n) is 1.56. The van der Waals surface area contributed by atoms with E-state index >= 15 is 0 Å². The summed E-state index contributed by atoms with van der Waals surface area (Å²) in [5, 5.41) is 0. The first-order chi connectivity index (χ1) is 6.75. The SMILES string of the molecule is C=CCCC(N)C(C)c1ccccc1. The van der Waals surface area contributed by atoms with Gasteiger partial charge in [-0.25, -0.2) is 0 Å². The lowest BCUT2D eigenvalue weighted by atomic mass is 9.91. The summed E-state index contributed by atoms with van der Waals surface area (Å²) in [6.45, 7) is 5.89. The fourth-order valence-corrected chi connectivity index (χ4v) is 1.56. The van der Waals surface area contributed by atoms with E-state index < -0.39 is 0 Å². The first kappa shape index (κ1) is 11.0. The Bertz CT molecular complexity index is 266. The third-order valence-corrected chi connectivity index (χ3v) is 2.67. The summed E-state index contributed by atoms with van der Waals surface area (Å²) in [5.74, 6) is 0.427. The Hall–Kier alpha value is -1.08. The Balaban J connectivity index is 2.56. The quantitative estimate of drug-likeness (QED) is 0.708. The highest BCUT2D eigenvalue weighted by atomic mass is 14.6. The van der Waals surface area contributed by atoms with Gasteiger partial charge in [0.05, 0.1) is 0 Å². The number of hydrogen-bond donors (Lipinski definition) is 1. The van der Waals surface area contributed by atoms with Crippen LogP contribution in [-0.4, -0.2) is 6.04 Å². The summed E-state index contributed by atoms with van der Waals surface area (Å²) in [5.41, 5.74) is 7.41. The Morgan fingerprint density at radius 2 is 2.00 bits per heavy atom. The van der Waals surface area contributed by atoms with Crippen molar-refractivity contribution >= 4 is 0 Å². The summed E-state index contributed by atoms with van der Waals surface area (Å²) < 4.78 is 0. The number of allylic oxidation sites excluding steroid dienone is 1. The summed E-state index contributed by atoms with van der Waals surface area (Å²) in [6.07, 6.45) is 3.94. The molecule has 0 aromatic heterocycles. The van der Waals surface area contributed by atoms with Crippen LogP contribution in [0.25, 0.3) is 0 Å². The van der Waals surface area contributed by atoms with E-state index in [1.165, 1.54) is 5.56 Å². The minimum atomic E-state index is 0.232. The highest BCUT2D eigenvalue weighted by Gasteiger charge is 2.13. The fraction of sp³-hybridized carbons (Fsp3) is 0.385. The van der Waals surface area contributed by atoms with Gasteiger partial charge < -0.3 is 5.73 Å². The Morgan fingerprint density at radius 3 is 2.57 bits per heavy atom. The number of hydrogen-bond acceptors (Lipinski definition) is 1. The zero-order chi connectivity index (χ0) is 10.4. The predicted octanol–water partition coefficient (Wildman–Crippen LogP) is 3.08. The molecule has 1 aromatic rings. The van der Waals surface area contributed by atoms with Crippen molar-refractivity contribution in [2.75, 3.05) is 0 Å². The second-order valence-corrected chi connectivity index (χ2v) is 3.73. The summed E-state index contributed by atoms with van der Waals surface area (Å²) in [6, 6.07) is 10.7. The summed E-state index contributed by atoms with van der Waals surface area (Å²) >= 11 is 0. The van der Waals surface area contributed by atoms with Gasteiger partial charge in [-0.05, 0) is 24.3 Å². The molecule has 76 valence electrons. The molecule has 1 heteroatoms. The van der Waals surface area contributed by atoms with Gasteiger partial charge in [0, 0.05) is 6.04 Å². The molecular weight excluding hydrogens is 170 g/mol. The van der Waals surface area contributed by atoms with Gasteiger partial charge in [0.15, 0.2) is 0 Å². The van der Waals surface area contributed by atoms with Crippen molar-refractivity contribution in [3.8, 4) is 0 Å². The molecule has 0 saturated heterocycles. The number of rotatable bonds is 5. The van der Waals surface area contributed by atoms with Crippen LogP contribution in [0.4, 0.5) is 0 Å². The van der Waals surface area contributed by atoms with Crippen molar-refractivity contribution in [1.82, 2.24) is 0 Å². The minimum Gasteiger partial charge on any atom is -0.327 e. The molecule has 0 saturated carbocycles. The van der Waals surface area contributed by atoms with Gasteiger partial charge in [-0.15, -0.1) is 6.58 Å². The molecule has 0 radical (unpaired) electrons. The van der Waals surface area contributed by atoms with Crippen molar-refractivity contribution < 1.29 is 0 Å². The Kier molecular flexibility index (Phi) is 4.41. The molecule has 2 N–H and O–H groups in total. The molecule has 0 heterocycles. The minimum absolute atomic E-state index is 0.232. The first-order valence-corrected chi connectivity index (χ1v) is 5.17. The normalized spacial score (nSPS) is 14.7. The summed E-state index contributed by atoms with van der Waals surface area (Å²) in [7, 11) is 0. The molecule has 0 aliphatic heterocycles. The molecule has 0 aliphatic carbocycles. The van der Waals surface area contributed by atoms with Gasteiger partial charge in [-0.2, -0.15) is 0 Å². The molecular formula is C13H19N. The largest absolute Gasteiger partial charge is 0.327 e. The molecule has 1 nitrogen and oxygen atoms in total. The maximum Gasteiger partial charge on any atom is 0.0108 e. The Labute approximate surface area is 86.6 Å². The van der Waals surface area contributed by atoms with Crippen LogP contribution in [0.3, 0.4) is 0 Å². The van der Waals surface area contributed by atoms with E-state index in [4.69, 9.17) is 5.73 Å². The predicted molar refractivity (Wildman–Crippen MR) is 62.3 cm³/mol. The smallest absolute Gasteiger partial charge is 0.0108 e. The van der Waals surface area contributed by atoms with Gasteiger partial charge in [0.25, 0.3) is 0 Å². The van der Waals surface area contributed by atoms with Crippen LogP contribution in [-0.2, 0) is 0 Å². The lowest BCUT2D eigenvalue weighted by Crippen LogP contribution is -2.26. The Morgan fingerprint density at radius 1 is 1.36 bits per heavy atom. The molecule has 2 unspecified atom stereocenters. The molecule has 1 rings (SSSR count). The molecule has 0 bridgehead atoms. The van der Waals surface area contributed by atoms with Crippen molar-refractivity contribution in [1.29, 1.82) is 0 Å². The van der Waals surface area contributed by atoms with E-state index in [2.05, 4.69) is 37.8 Å². The van der Waals surface area contributed by atoms with Crippen molar-refractivity contribution in [2.24, 2.45) is 5.73 Å². The molecule has 1 aromatic carbocycles. The molecule has 0 spiro atoms. The lowest BCUT2D eigenvalue weighted by Gasteiger charge is -2.19. The second kappa shape index (κ2) is 5.61. The number of benzene rings is 1. The van der Waals surface area contributed by atoms with E-state index in [1.807, 2.05) is 12.1 Å². The first-order valence-electron chi connectivity index (χ1n) is 5.17. The van der Waals surface area contributed by atoms with Gasteiger partial charge in [-0.3, -0.25) is 0 Å². The standard InChI is InChI=1S/C13H19N/c1-3-4-10-13(14)11(2)12-8-6-5-7-9-12/h3,5-9,11,13H,1,4,10,14H2,2H3. The van der Waals surface area contributed by atoms with Crippen molar-refractivity contribution in [3.63, 3.8) is 0 Å². The van der Waals surface area contributed by atoms with Gasteiger partial charge >= 0.3 is 0 Å². The zero-order valence-electron chi connectivity index (χ0n) is 8.82. The van der Waals surface area contributed by atoms with E-state index in [-0.39, 0.29) is 6.04 Å². The number of nitrogens with two attached hydrogens (primary N) is 1. The van der Waals surface area contributed by atoms with Gasteiger partial charge in [0.1, 0.15) is 0 Å². The lowest BCUT2D eigenvalue weighted by molar-refractivity contribution is 0.533. The van der Waals surface area contributed by atoms with Crippen LogP contribution in [0, 0.1) is 0 Å². The van der Waals surface area contributed by atoms with Crippen LogP contribution in [0.5, 0.6) is 0 Å². The summed E-state index contributed by atoms with van der Waals surface area (Å²) in [4.78, 5) is 0. The molecule has 14 heavy (non-hydrogen) atoms. The second-order valence-electron chi connectivity index (χ2n) is 3.73. The van der Waals surface area contributed by atoms with Gasteiger partial charge in [-0.1, -0.05) is 43.3 Å². The van der Waals surface area contributed by atoms with Gasteiger partial charge in [0.2, 0.25) is 0 Å².